The van der Waals surface area contributed by atoms with E-state index < -0.39 is 12.1 Å². The maximum atomic E-state index is 12.5. The van der Waals surface area contributed by atoms with Crippen molar-refractivity contribution in [3.63, 3.8) is 0 Å². The fourth-order valence-electron chi connectivity index (χ4n) is 11.5. The van der Waals surface area contributed by atoms with Gasteiger partial charge in [-0.05, 0) is 57.8 Å². The Morgan fingerprint density at radius 2 is 0.595 bits per heavy atom. The lowest BCUT2D eigenvalue weighted by molar-refractivity contribution is -0.143. The number of hydrogen-bond acceptors (Lipinski definition) is 5. The van der Waals surface area contributed by atoms with Gasteiger partial charge in [-0.2, -0.15) is 0 Å². The van der Waals surface area contributed by atoms with E-state index in [4.69, 9.17) is 4.74 Å². The van der Waals surface area contributed by atoms with Crippen LogP contribution in [0.5, 0.6) is 0 Å². The van der Waals surface area contributed by atoms with Gasteiger partial charge in [0.15, 0.2) is 0 Å². The molecule has 1 amide bonds. The highest BCUT2D eigenvalue weighted by atomic mass is 16.5. The number of aliphatic hydroxyl groups is 2. The summed E-state index contributed by atoms with van der Waals surface area (Å²) < 4.78 is 5.50. The van der Waals surface area contributed by atoms with Crippen molar-refractivity contribution < 1.29 is 24.5 Å². The van der Waals surface area contributed by atoms with Gasteiger partial charge in [0.25, 0.3) is 0 Å². The highest BCUT2D eigenvalue weighted by Gasteiger charge is 2.18. The van der Waals surface area contributed by atoms with Gasteiger partial charge in [0, 0.05) is 12.8 Å². The smallest absolute Gasteiger partial charge is 0.305 e. The number of aliphatic hydroxyl groups excluding tert-OH is 2. The molecule has 0 bridgehead atoms. The number of carbonyl (C=O) groups is 2. The zero-order chi connectivity index (χ0) is 57.1. The molecular weight excluding hydrogens is 971 g/mol. The molecule has 0 saturated carbocycles. The molecule has 3 N–H and O–H groups in total. The van der Waals surface area contributed by atoms with Gasteiger partial charge in [-0.1, -0.05) is 359 Å². The lowest BCUT2D eigenvalue weighted by Crippen LogP contribution is -2.45. The van der Waals surface area contributed by atoms with Crippen LogP contribution in [-0.2, 0) is 14.3 Å². The zero-order valence-corrected chi connectivity index (χ0v) is 53.6. The summed E-state index contributed by atoms with van der Waals surface area (Å²) >= 11 is 0. The predicted molar refractivity (Wildman–Crippen MR) is 347 cm³/mol. The molecule has 79 heavy (non-hydrogen) atoms. The second-order valence-corrected chi connectivity index (χ2v) is 24.9. The minimum absolute atomic E-state index is 0.00913. The van der Waals surface area contributed by atoms with E-state index >= 15 is 0 Å². The lowest BCUT2D eigenvalue weighted by atomic mass is 10.0. The van der Waals surface area contributed by atoms with E-state index in [1.807, 2.05) is 6.08 Å². The summed E-state index contributed by atoms with van der Waals surface area (Å²) in [5, 5.41) is 23.3. The molecule has 0 aliphatic heterocycles. The number of esters is 1. The maximum Gasteiger partial charge on any atom is 0.305 e. The molecule has 2 unspecified atom stereocenters. The molecule has 0 saturated heterocycles. The molecule has 0 fully saturated rings. The Bertz CT molecular complexity index is 1230. The summed E-state index contributed by atoms with van der Waals surface area (Å²) in [6.07, 6.45) is 86.8. The Labute approximate surface area is 494 Å². The van der Waals surface area contributed by atoms with Crippen molar-refractivity contribution in [1.82, 2.24) is 5.32 Å². The van der Waals surface area contributed by atoms with E-state index in [0.717, 1.165) is 44.9 Å². The SMILES string of the molecule is CCCCCCCC/C=C\CCCCCCCCCC(=O)OCCCCCCCCCCCCCCCCCCCCCCCC(=O)NC(CO)C(O)/C=C/CCCCCCCCCCCCCCCCCCCCCCCC. The minimum Gasteiger partial charge on any atom is -0.466 e. The molecule has 0 aromatic heterocycles. The summed E-state index contributed by atoms with van der Waals surface area (Å²) in [7, 11) is 0. The van der Waals surface area contributed by atoms with Crippen LogP contribution in [0.15, 0.2) is 24.3 Å². The Balaban J connectivity index is 3.41. The average molecular weight is 1110 g/mol. The first-order chi connectivity index (χ1) is 39.0. The van der Waals surface area contributed by atoms with Crippen molar-refractivity contribution in [2.75, 3.05) is 13.2 Å². The van der Waals surface area contributed by atoms with E-state index in [2.05, 4.69) is 31.3 Å². The standard InChI is InChI=1S/C73H141NO5/c1-3-5-7-9-11-13-15-17-19-21-22-23-24-25-27-30-34-37-41-45-49-53-57-61-65-71(76)70(69-75)74-72(77)66-62-58-54-50-46-42-38-35-31-28-26-29-32-36-40-44-48-52-56-60-64-68-79-73(78)67-63-59-55-51-47-43-39-33-20-18-16-14-12-10-8-6-4-2/h18,20,61,65,70-71,75-76H,3-17,19,21-60,62-64,66-69H2,1-2H3,(H,74,77)/b20-18-,65-61+. The summed E-state index contributed by atoms with van der Waals surface area (Å²) in [5.41, 5.74) is 0. The monoisotopic (exact) mass is 1110 g/mol. The van der Waals surface area contributed by atoms with Crippen molar-refractivity contribution >= 4 is 11.9 Å². The molecule has 0 aliphatic carbocycles. The fraction of sp³-hybridized carbons (Fsp3) is 0.918. The van der Waals surface area contributed by atoms with E-state index in [0.29, 0.717) is 19.4 Å². The molecular formula is C73H141NO5. The molecule has 6 heteroatoms. The van der Waals surface area contributed by atoms with Crippen LogP contribution >= 0.6 is 0 Å². The van der Waals surface area contributed by atoms with Crippen LogP contribution in [-0.4, -0.2) is 47.4 Å². The number of nitrogens with one attached hydrogen (secondary N) is 1. The number of carbonyl (C=O) groups excluding carboxylic acids is 2. The Morgan fingerprint density at radius 3 is 0.899 bits per heavy atom. The Morgan fingerprint density at radius 1 is 0.342 bits per heavy atom. The topological polar surface area (TPSA) is 95.9 Å². The quantitative estimate of drug-likeness (QED) is 0.0320. The third-order valence-electron chi connectivity index (χ3n) is 17.0. The Hall–Kier alpha value is -1.66. The molecule has 0 rings (SSSR count). The number of unbranched alkanes of at least 4 members (excludes halogenated alkanes) is 55. The second kappa shape index (κ2) is 68.8. The molecule has 468 valence electrons. The van der Waals surface area contributed by atoms with Crippen molar-refractivity contribution in [2.24, 2.45) is 0 Å². The van der Waals surface area contributed by atoms with Gasteiger partial charge in [0.1, 0.15) is 0 Å². The summed E-state index contributed by atoms with van der Waals surface area (Å²) in [6, 6.07) is -0.630. The van der Waals surface area contributed by atoms with Gasteiger partial charge in [0.2, 0.25) is 5.91 Å². The van der Waals surface area contributed by atoms with Crippen LogP contribution < -0.4 is 5.32 Å². The van der Waals surface area contributed by atoms with Gasteiger partial charge >= 0.3 is 5.97 Å². The summed E-state index contributed by atoms with van der Waals surface area (Å²) in [6.45, 7) is 4.94. The molecule has 0 spiro atoms. The third kappa shape index (κ3) is 65.4. The van der Waals surface area contributed by atoms with Gasteiger partial charge in [-0.3, -0.25) is 9.59 Å². The van der Waals surface area contributed by atoms with Crippen LogP contribution in [0.1, 0.15) is 406 Å². The van der Waals surface area contributed by atoms with Gasteiger partial charge in [0.05, 0.1) is 25.4 Å². The van der Waals surface area contributed by atoms with Crippen molar-refractivity contribution in [1.29, 1.82) is 0 Å². The van der Waals surface area contributed by atoms with E-state index in [-0.39, 0.29) is 18.5 Å². The number of rotatable bonds is 68. The van der Waals surface area contributed by atoms with E-state index in [9.17, 15) is 19.8 Å². The Kier molecular flexibility index (Phi) is 67.4. The minimum atomic E-state index is -0.847. The fourth-order valence-corrected chi connectivity index (χ4v) is 11.5. The summed E-state index contributed by atoms with van der Waals surface area (Å²) in [5.74, 6) is -0.0552. The highest BCUT2D eigenvalue weighted by Crippen LogP contribution is 2.19. The normalized spacial score (nSPS) is 12.6. The van der Waals surface area contributed by atoms with Gasteiger partial charge in [-0.15, -0.1) is 0 Å². The molecule has 0 aromatic carbocycles. The van der Waals surface area contributed by atoms with Gasteiger partial charge in [-0.25, -0.2) is 0 Å². The molecule has 0 aliphatic rings. The molecule has 2 atom stereocenters. The highest BCUT2D eigenvalue weighted by molar-refractivity contribution is 5.76. The van der Waals surface area contributed by atoms with Crippen LogP contribution in [0, 0.1) is 0 Å². The van der Waals surface area contributed by atoms with Crippen LogP contribution in [0.25, 0.3) is 0 Å². The van der Waals surface area contributed by atoms with E-state index in [1.165, 1.54) is 334 Å². The number of hydrogen-bond donors (Lipinski definition) is 3. The number of ether oxygens (including phenoxy) is 1. The maximum absolute atomic E-state index is 12.5. The first kappa shape index (κ1) is 77.3. The van der Waals surface area contributed by atoms with Crippen molar-refractivity contribution in [3.05, 3.63) is 24.3 Å². The third-order valence-corrected chi connectivity index (χ3v) is 17.0. The second-order valence-electron chi connectivity index (χ2n) is 24.9. The average Bonchev–Trinajstić information content (AvgIpc) is 3.45. The zero-order valence-electron chi connectivity index (χ0n) is 53.6. The van der Waals surface area contributed by atoms with Crippen LogP contribution in [0.3, 0.4) is 0 Å². The first-order valence-electron chi connectivity index (χ1n) is 36.1. The van der Waals surface area contributed by atoms with Crippen molar-refractivity contribution in [2.45, 2.75) is 418 Å². The summed E-state index contributed by atoms with van der Waals surface area (Å²) in [4.78, 5) is 24.6. The number of allylic oxidation sites excluding steroid dienone is 3. The molecule has 0 heterocycles. The number of amides is 1. The largest absolute Gasteiger partial charge is 0.466 e. The molecule has 0 radical (unpaired) electrons. The van der Waals surface area contributed by atoms with Gasteiger partial charge < -0.3 is 20.3 Å². The first-order valence-corrected chi connectivity index (χ1v) is 36.1. The van der Waals surface area contributed by atoms with Crippen molar-refractivity contribution in [3.8, 4) is 0 Å². The van der Waals surface area contributed by atoms with Crippen LogP contribution in [0.2, 0.25) is 0 Å². The van der Waals surface area contributed by atoms with E-state index in [1.54, 1.807) is 6.08 Å². The predicted octanol–water partition coefficient (Wildman–Crippen LogP) is 23.3. The van der Waals surface area contributed by atoms with Crippen LogP contribution in [0.4, 0.5) is 0 Å². The molecule has 6 nitrogen and oxygen atoms in total. The lowest BCUT2D eigenvalue weighted by Gasteiger charge is -2.20. The molecule has 0 aromatic rings.